The Balaban J connectivity index is 1.81. The Morgan fingerprint density at radius 1 is 1.29 bits per heavy atom. The summed E-state index contributed by atoms with van der Waals surface area (Å²) >= 11 is 0. The third kappa shape index (κ3) is 2.00. The molecule has 1 fully saturated rings. The SMILES string of the molecule is O=C(c1ccc2c(c1)OCO2)[C@H]1CCCNC1. The smallest absolute Gasteiger partial charge is 0.231 e. The van der Waals surface area contributed by atoms with E-state index in [1.54, 1.807) is 6.07 Å². The highest BCUT2D eigenvalue weighted by molar-refractivity contribution is 5.98. The summed E-state index contributed by atoms with van der Waals surface area (Å²) in [5.41, 5.74) is 0.725. The number of carbonyl (C=O) groups is 1. The van der Waals surface area contributed by atoms with Gasteiger partial charge in [-0.25, -0.2) is 0 Å². The van der Waals surface area contributed by atoms with E-state index in [9.17, 15) is 4.79 Å². The van der Waals surface area contributed by atoms with Crippen LogP contribution in [0.25, 0.3) is 0 Å². The molecule has 1 aromatic rings. The lowest BCUT2D eigenvalue weighted by Crippen LogP contribution is -2.34. The van der Waals surface area contributed by atoms with Crippen molar-refractivity contribution in [3.8, 4) is 11.5 Å². The standard InChI is InChI=1S/C13H15NO3/c15-13(10-2-1-5-14-7-10)9-3-4-11-12(6-9)17-8-16-11/h3-4,6,10,14H,1-2,5,7-8H2/t10-/m0/s1. The average Bonchev–Trinajstić information content (AvgIpc) is 2.86. The number of nitrogens with one attached hydrogen (secondary N) is 1. The lowest BCUT2D eigenvalue weighted by atomic mass is 9.91. The van der Waals surface area contributed by atoms with Crippen LogP contribution < -0.4 is 14.8 Å². The van der Waals surface area contributed by atoms with Gasteiger partial charge in [-0.2, -0.15) is 0 Å². The van der Waals surface area contributed by atoms with E-state index in [0.29, 0.717) is 5.75 Å². The number of piperidine rings is 1. The summed E-state index contributed by atoms with van der Waals surface area (Å²) in [7, 11) is 0. The fraction of sp³-hybridized carbons (Fsp3) is 0.462. The van der Waals surface area contributed by atoms with Crippen molar-refractivity contribution in [3.63, 3.8) is 0 Å². The van der Waals surface area contributed by atoms with Crippen LogP contribution in [0.3, 0.4) is 0 Å². The van der Waals surface area contributed by atoms with Crippen molar-refractivity contribution >= 4 is 5.78 Å². The number of ether oxygens (including phenoxy) is 2. The van der Waals surface area contributed by atoms with Gasteiger partial charge >= 0.3 is 0 Å². The van der Waals surface area contributed by atoms with Crippen LogP contribution in [-0.4, -0.2) is 25.7 Å². The van der Waals surface area contributed by atoms with E-state index < -0.39 is 0 Å². The molecule has 1 atom stereocenters. The molecule has 1 saturated heterocycles. The summed E-state index contributed by atoms with van der Waals surface area (Å²) in [5, 5.41) is 3.26. The van der Waals surface area contributed by atoms with E-state index in [1.165, 1.54) is 0 Å². The largest absolute Gasteiger partial charge is 0.454 e. The molecule has 4 nitrogen and oxygen atoms in total. The molecular formula is C13H15NO3. The molecule has 1 aromatic carbocycles. The van der Waals surface area contributed by atoms with Crippen LogP contribution in [0.15, 0.2) is 18.2 Å². The van der Waals surface area contributed by atoms with Gasteiger partial charge in [-0.1, -0.05) is 0 Å². The van der Waals surface area contributed by atoms with Crippen LogP contribution in [0, 0.1) is 5.92 Å². The summed E-state index contributed by atoms with van der Waals surface area (Å²) < 4.78 is 10.5. The Bertz CT molecular complexity index is 438. The Morgan fingerprint density at radius 2 is 2.18 bits per heavy atom. The van der Waals surface area contributed by atoms with Gasteiger partial charge in [0.1, 0.15) is 0 Å². The van der Waals surface area contributed by atoms with E-state index in [-0.39, 0.29) is 18.5 Å². The summed E-state index contributed by atoms with van der Waals surface area (Å²) in [5.74, 6) is 1.71. The normalized spacial score (nSPS) is 22.5. The Labute approximate surface area is 99.9 Å². The summed E-state index contributed by atoms with van der Waals surface area (Å²) in [6, 6.07) is 5.43. The first-order valence-corrected chi connectivity index (χ1v) is 5.99. The average molecular weight is 233 g/mol. The first-order chi connectivity index (χ1) is 8.34. The zero-order valence-corrected chi connectivity index (χ0v) is 9.57. The van der Waals surface area contributed by atoms with Crippen molar-refractivity contribution in [2.24, 2.45) is 5.92 Å². The fourth-order valence-electron chi connectivity index (χ4n) is 2.36. The zero-order valence-electron chi connectivity index (χ0n) is 9.57. The number of carbonyl (C=O) groups excluding carboxylic acids is 1. The van der Waals surface area contributed by atoms with Crippen LogP contribution in [0.1, 0.15) is 23.2 Å². The molecule has 0 bridgehead atoms. The molecule has 0 aliphatic carbocycles. The molecule has 0 radical (unpaired) electrons. The third-order valence-corrected chi connectivity index (χ3v) is 3.32. The lowest BCUT2D eigenvalue weighted by molar-refractivity contribution is 0.0899. The molecule has 90 valence electrons. The van der Waals surface area contributed by atoms with Gasteiger partial charge in [0.2, 0.25) is 6.79 Å². The molecule has 2 aliphatic heterocycles. The van der Waals surface area contributed by atoms with E-state index in [2.05, 4.69) is 5.32 Å². The maximum absolute atomic E-state index is 12.3. The minimum Gasteiger partial charge on any atom is -0.454 e. The van der Waals surface area contributed by atoms with Crippen molar-refractivity contribution in [3.05, 3.63) is 23.8 Å². The minimum absolute atomic E-state index is 0.101. The molecule has 4 heteroatoms. The number of fused-ring (bicyclic) bond motifs is 1. The second-order valence-electron chi connectivity index (χ2n) is 4.48. The van der Waals surface area contributed by atoms with Crippen molar-refractivity contribution < 1.29 is 14.3 Å². The first-order valence-electron chi connectivity index (χ1n) is 5.99. The topological polar surface area (TPSA) is 47.6 Å². The lowest BCUT2D eigenvalue weighted by Gasteiger charge is -2.21. The number of benzene rings is 1. The second-order valence-corrected chi connectivity index (χ2v) is 4.48. The maximum Gasteiger partial charge on any atom is 0.231 e. The van der Waals surface area contributed by atoms with E-state index in [0.717, 1.165) is 37.2 Å². The Morgan fingerprint density at radius 3 is 3.00 bits per heavy atom. The molecule has 1 N–H and O–H groups in total. The van der Waals surface area contributed by atoms with Crippen molar-refractivity contribution in [1.29, 1.82) is 0 Å². The fourth-order valence-corrected chi connectivity index (χ4v) is 2.36. The summed E-state index contributed by atoms with van der Waals surface area (Å²) in [6.07, 6.45) is 2.04. The molecule has 3 rings (SSSR count). The van der Waals surface area contributed by atoms with Crippen LogP contribution in [0.4, 0.5) is 0 Å². The van der Waals surface area contributed by atoms with Gasteiger partial charge in [-0.15, -0.1) is 0 Å². The van der Waals surface area contributed by atoms with Crippen LogP contribution in [-0.2, 0) is 0 Å². The minimum atomic E-state index is 0.101. The van der Waals surface area contributed by atoms with Crippen molar-refractivity contribution in [2.75, 3.05) is 19.9 Å². The predicted molar refractivity (Wildman–Crippen MR) is 62.5 cm³/mol. The molecule has 2 heterocycles. The highest BCUT2D eigenvalue weighted by atomic mass is 16.7. The van der Waals surface area contributed by atoms with Crippen LogP contribution >= 0.6 is 0 Å². The molecule has 0 saturated carbocycles. The number of rotatable bonds is 2. The van der Waals surface area contributed by atoms with Gasteiger partial charge in [0.15, 0.2) is 17.3 Å². The summed E-state index contributed by atoms with van der Waals surface area (Å²) in [6.45, 7) is 2.05. The highest BCUT2D eigenvalue weighted by Crippen LogP contribution is 2.33. The number of hydrogen-bond acceptors (Lipinski definition) is 4. The van der Waals surface area contributed by atoms with Gasteiger partial charge in [-0.05, 0) is 37.6 Å². The van der Waals surface area contributed by atoms with Gasteiger partial charge in [0.25, 0.3) is 0 Å². The summed E-state index contributed by atoms with van der Waals surface area (Å²) in [4.78, 5) is 12.3. The maximum atomic E-state index is 12.3. The van der Waals surface area contributed by atoms with Gasteiger partial charge in [0, 0.05) is 18.0 Å². The monoisotopic (exact) mass is 233 g/mol. The molecule has 0 aromatic heterocycles. The Kier molecular flexibility index (Phi) is 2.73. The molecule has 0 amide bonds. The quantitative estimate of drug-likeness (QED) is 0.788. The number of Topliss-reactive ketones (excluding diaryl/α,β-unsaturated/α-hetero) is 1. The number of hydrogen-bond donors (Lipinski definition) is 1. The van der Waals surface area contributed by atoms with Gasteiger partial charge in [-0.3, -0.25) is 4.79 Å². The third-order valence-electron chi connectivity index (χ3n) is 3.32. The number of ketones is 1. The van der Waals surface area contributed by atoms with E-state index >= 15 is 0 Å². The molecule has 17 heavy (non-hydrogen) atoms. The van der Waals surface area contributed by atoms with Crippen LogP contribution in [0.5, 0.6) is 11.5 Å². The Hall–Kier alpha value is -1.55. The van der Waals surface area contributed by atoms with Gasteiger partial charge < -0.3 is 14.8 Å². The first kappa shape index (κ1) is 10.6. The van der Waals surface area contributed by atoms with E-state index in [4.69, 9.17) is 9.47 Å². The molecule has 2 aliphatic rings. The highest BCUT2D eigenvalue weighted by Gasteiger charge is 2.24. The molecular weight excluding hydrogens is 218 g/mol. The zero-order chi connectivity index (χ0) is 11.7. The van der Waals surface area contributed by atoms with E-state index in [1.807, 2.05) is 12.1 Å². The predicted octanol–water partition coefficient (Wildman–Crippen LogP) is 1.60. The van der Waals surface area contributed by atoms with Crippen LogP contribution in [0.2, 0.25) is 0 Å². The van der Waals surface area contributed by atoms with Crippen molar-refractivity contribution in [2.45, 2.75) is 12.8 Å². The van der Waals surface area contributed by atoms with Crippen molar-refractivity contribution in [1.82, 2.24) is 5.32 Å². The molecule has 0 spiro atoms. The molecule has 0 unspecified atom stereocenters. The van der Waals surface area contributed by atoms with Gasteiger partial charge in [0.05, 0.1) is 0 Å². The second kappa shape index (κ2) is 4.37.